The average Bonchev–Trinajstić information content (AvgIpc) is 3.19. The van der Waals surface area contributed by atoms with E-state index >= 15 is 0 Å². The second-order valence-corrected chi connectivity index (χ2v) is 5.98. The minimum absolute atomic E-state index is 0.407. The first-order valence-corrected chi connectivity index (χ1v) is 8.38. The molecule has 0 N–H and O–H groups in total. The zero-order chi connectivity index (χ0) is 17.8. The molecule has 128 valence electrons. The molecular formula is C20H14ClN3O2. The SMILES string of the molecule is Clc1ccccc1COc1ccc(-c2nc(-c3cccnc3)no2)cc1. The molecule has 0 atom stereocenters. The molecule has 2 aromatic heterocycles. The fraction of sp³-hybridized carbons (Fsp3) is 0.0500. The Morgan fingerprint density at radius 1 is 0.923 bits per heavy atom. The van der Waals surface area contributed by atoms with Crippen LogP contribution in [-0.2, 0) is 6.61 Å². The van der Waals surface area contributed by atoms with E-state index in [1.165, 1.54) is 0 Å². The summed E-state index contributed by atoms with van der Waals surface area (Å²) in [7, 11) is 0. The van der Waals surface area contributed by atoms with Crippen molar-refractivity contribution in [3.05, 3.63) is 83.6 Å². The lowest BCUT2D eigenvalue weighted by atomic mass is 10.2. The zero-order valence-corrected chi connectivity index (χ0v) is 14.4. The number of aromatic nitrogens is 3. The third-order valence-electron chi connectivity index (χ3n) is 3.80. The van der Waals surface area contributed by atoms with E-state index in [9.17, 15) is 0 Å². The van der Waals surface area contributed by atoms with Crippen molar-refractivity contribution in [1.82, 2.24) is 15.1 Å². The van der Waals surface area contributed by atoms with Crippen LogP contribution in [-0.4, -0.2) is 15.1 Å². The first-order valence-electron chi connectivity index (χ1n) is 8.00. The van der Waals surface area contributed by atoms with Crippen LogP contribution >= 0.6 is 11.6 Å². The van der Waals surface area contributed by atoms with Crippen LogP contribution in [0, 0.1) is 0 Å². The lowest BCUT2D eigenvalue weighted by Gasteiger charge is -2.07. The van der Waals surface area contributed by atoms with Gasteiger partial charge in [-0.05, 0) is 42.5 Å². The average molecular weight is 364 g/mol. The first-order chi connectivity index (χ1) is 12.8. The zero-order valence-electron chi connectivity index (χ0n) is 13.7. The molecule has 0 saturated heterocycles. The Hall–Kier alpha value is -3.18. The minimum atomic E-state index is 0.407. The van der Waals surface area contributed by atoms with Gasteiger partial charge in [0.25, 0.3) is 5.89 Å². The highest BCUT2D eigenvalue weighted by Crippen LogP contribution is 2.24. The molecule has 4 aromatic rings. The maximum atomic E-state index is 6.14. The van der Waals surface area contributed by atoms with Gasteiger partial charge in [0.15, 0.2) is 0 Å². The number of benzene rings is 2. The van der Waals surface area contributed by atoms with Crippen LogP contribution < -0.4 is 4.74 Å². The van der Waals surface area contributed by atoms with Gasteiger partial charge in [0.1, 0.15) is 12.4 Å². The third kappa shape index (κ3) is 3.58. The maximum absolute atomic E-state index is 6.14. The van der Waals surface area contributed by atoms with E-state index in [0.717, 1.165) is 22.4 Å². The lowest BCUT2D eigenvalue weighted by molar-refractivity contribution is 0.306. The second kappa shape index (κ2) is 7.37. The third-order valence-corrected chi connectivity index (χ3v) is 4.17. The molecule has 0 aliphatic rings. The molecule has 0 aliphatic heterocycles. The predicted molar refractivity (Wildman–Crippen MR) is 98.7 cm³/mol. The Morgan fingerprint density at radius 2 is 1.77 bits per heavy atom. The minimum Gasteiger partial charge on any atom is -0.489 e. The molecule has 0 fully saturated rings. The number of halogens is 1. The van der Waals surface area contributed by atoms with E-state index in [1.54, 1.807) is 12.4 Å². The molecule has 0 amide bonds. The fourth-order valence-corrected chi connectivity index (χ4v) is 2.61. The fourth-order valence-electron chi connectivity index (χ4n) is 2.42. The van der Waals surface area contributed by atoms with Crippen molar-refractivity contribution < 1.29 is 9.26 Å². The number of nitrogens with zero attached hydrogens (tertiary/aromatic N) is 3. The van der Waals surface area contributed by atoms with Crippen molar-refractivity contribution >= 4 is 11.6 Å². The first kappa shape index (κ1) is 16.3. The van der Waals surface area contributed by atoms with E-state index < -0.39 is 0 Å². The number of hydrogen-bond acceptors (Lipinski definition) is 5. The Morgan fingerprint density at radius 3 is 2.54 bits per heavy atom. The molecule has 0 bridgehead atoms. The summed E-state index contributed by atoms with van der Waals surface area (Å²) in [6, 6.07) is 18.8. The van der Waals surface area contributed by atoms with Crippen molar-refractivity contribution in [2.45, 2.75) is 6.61 Å². The Bertz CT molecular complexity index is 1000. The summed E-state index contributed by atoms with van der Waals surface area (Å²) in [5, 5.41) is 4.69. The molecule has 2 heterocycles. The highest BCUT2D eigenvalue weighted by molar-refractivity contribution is 6.31. The molecule has 0 radical (unpaired) electrons. The Kier molecular flexibility index (Phi) is 4.62. The van der Waals surface area contributed by atoms with E-state index in [1.807, 2.05) is 60.7 Å². The topological polar surface area (TPSA) is 61.0 Å². The Labute approximate surface area is 155 Å². The summed E-state index contributed by atoms with van der Waals surface area (Å²) in [5.74, 6) is 1.69. The van der Waals surface area contributed by atoms with Crippen molar-refractivity contribution in [3.8, 4) is 28.6 Å². The van der Waals surface area contributed by atoms with Crippen LogP contribution in [0.5, 0.6) is 5.75 Å². The number of ether oxygens (including phenoxy) is 1. The molecule has 6 heteroatoms. The summed E-state index contributed by atoms with van der Waals surface area (Å²) >= 11 is 6.14. The molecule has 26 heavy (non-hydrogen) atoms. The summed E-state index contributed by atoms with van der Waals surface area (Å²) in [5.41, 5.74) is 2.57. The Balaban J connectivity index is 1.46. The van der Waals surface area contributed by atoms with Gasteiger partial charge in [0, 0.05) is 34.1 Å². The van der Waals surface area contributed by atoms with Crippen molar-refractivity contribution in [1.29, 1.82) is 0 Å². The number of pyridine rings is 1. The van der Waals surface area contributed by atoms with Crippen LogP contribution in [0.15, 0.2) is 77.6 Å². The predicted octanol–water partition coefficient (Wildman–Crippen LogP) is 5.03. The van der Waals surface area contributed by atoms with Crippen LogP contribution in [0.3, 0.4) is 0 Å². The summed E-state index contributed by atoms with van der Waals surface area (Å²) in [6.07, 6.45) is 3.39. The molecule has 5 nitrogen and oxygen atoms in total. The monoisotopic (exact) mass is 363 g/mol. The maximum Gasteiger partial charge on any atom is 0.258 e. The van der Waals surface area contributed by atoms with Gasteiger partial charge in [0.2, 0.25) is 5.82 Å². The smallest absolute Gasteiger partial charge is 0.258 e. The van der Waals surface area contributed by atoms with Gasteiger partial charge in [-0.1, -0.05) is 35.0 Å². The number of hydrogen-bond donors (Lipinski definition) is 0. The van der Waals surface area contributed by atoms with Gasteiger partial charge in [-0.25, -0.2) is 0 Å². The largest absolute Gasteiger partial charge is 0.489 e. The van der Waals surface area contributed by atoms with Gasteiger partial charge in [0.05, 0.1) is 0 Å². The van der Waals surface area contributed by atoms with E-state index in [-0.39, 0.29) is 0 Å². The van der Waals surface area contributed by atoms with E-state index in [0.29, 0.717) is 23.3 Å². The summed E-state index contributed by atoms with van der Waals surface area (Å²) in [4.78, 5) is 8.47. The second-order valence-electron chi connectivity index (χ2n) is 5.57. The standard InChI is InChI=1S/C20H14ClN3O2/c21-18-6-2-1-4-16(18)13-25-17-9-7-14(8-10-17)20-23-19(24-26-20)15-5-3-11-22-12-15/h1-12H,13H2. The molecule has 2 aromatic carbocycles. The number of rotatable bonds is 5. The molecule has 0 aliphatic carbocycles. The van der Waals surface area contributed by atoms with Gasteiger partial charge in [-0.2, -0.15) is 4.98 Å². The summed E-state index contributed by atoms with van der Waals surface area (Å²) < 4.78 is 11.1. The van der Waals surface area contributed by atoms with Crippen LogP contribution in [0.1, 0.15) is 5.56 Å². The van der Waals surface area contributed by atoms with E-state index in [4.69, 9.17) is 20.9 Å². The highest BCUT2D eigenvalue weighted by Gasteiger charge is 2.11. The molecule has 0 spiro atoms. The normalized spacial score (nSPS) is 10.7. The van der Waals surface area contributed by atoms with Gasteiger partial charge in [-0.3, -0.25) is 4.98 Å². The quantitative estimate of drug-likeness (QED) is 0.497. The molecule has 0 unspecified atom stereocenters. The van der Waals surface area contributed by atoms with E-state index in [2.05, 4.69) is 15.1 Å². The van der Waals surface area contributed by atoms with Crippen LogP contribution in [0.25, 0.3) is 22.8 Å². The van der Waals surface area contributed by atoms with Gasteiger partial charge in [-0.15, -0.1) is 0 Å². The lowest BCUT2D eigenvalue weighted by Crippen LogP contribution is -1.95. The summed E-state index contributed by atoms with van der Waals surface area (Å²) in [6.45, 7) is 0.407. The van der Waals surface area contributed by atoms with Crippen LogP contribution in [0.4, 0.5) is 0 Å². The van der Waals surface area contributed by atoms with Crippen LogP contribution in [0.2, 0.25) is 5.02 Å². The molecular weight excluding hydrogens is 350 g/mol. The van der Waals surface area contributed by atoms with Crippen molar-refractivity contribution in [2.75, 3.05) is 0 Å². The molecule has 4 rings (SSSR count). The highest BCUT2D eigenvalue weighted by atomic mass is 35.5. The van der Waals surface area contributed by atoms with Crippen molar-refractivity contribution in [2.24, 2.45) is 0 Å². The van der Waals surface area contributed by atoms with Crippen molar-refractivity contribution in [3.63, 3.8) is 0 Å². The van der Waals surface area contributed by atoms with Gasteiger partial charge < -0.3 is 9.26 Å². The van der Waals surface area contributed by atoms with Gasteiger partial charge >= 0.3 is 0 Å². The molecule has 0 saturated carbocycles.